The van der Waals surface area contributed by atoms with E-state index in [-0.39, 0.29) is 5.91 Å². The maximum atomic E-state index is 12.9. The van der Waals surface area contributed by atoms with E-state index in [1.54, 1.807) is 6.20 Å². The molecule has 140 valence electrons. The van der Waals surface area contributed by atoms with Crippen molar-refractivity contribution in [3.8, 4) is 5.69 Å². The first kappa shape index (κ1) is 19.1. The molecule has 2 heterocycles. The minimum atomic E-state index is -0.131. The van der Waals surface area contributed by atoms with Gasteiger partial charge >= 0.3 is 0 Å². The Morgan fingerprint density at radius 2 is 1.93 bits per heavy atom. The van der Waals surface area contributed by atoms with Crippen molar-refractivity contribution in [1.29, 1.82) is 0 Å². The molecule has 0 aliphatic carbocycles. The van der Waals surface area contributed by atoms with Gasteiger partial charge in [0.1, 0.15) is 0 Å². The molecule has 27 heavy (non-hydrogen) atoms. The lowest BCUT2D eigenvalue weighted by atomic mass is 10.0. The molecule has 6 heteroatoms. The van der Waals surface area contributed by atoms with Crippen molar-refractivity contribution in [2.75, 3.05) is 0 Å². The molecule has 1 aromatic carbocycles. The first-order chi connectivity index (χ1) is 13.0. The average Bonchev–Trinajstić information content (AvgIpc) is 2.96. The summed E-state index contributed by atoms with van der Waals surface area (Å²) in [7, 11) is 0. The molecule has 0 fully saturated rings. The highest BCUT2D eigenvalue weighted by atomic mass is 35.5. The van der Waals surface area contributed by atoms with Gasteiger partial charge in [-0.2, -0.15) is 5.10 Å². The van der Waals surface area contributed by atoms with Crippen LogP contribution in [-0.2, 0) is 13.0 Å². The van der Waals surface area contributed by atoms with Crippen LogP contribution in [0.1, 0.15) is 41.3 Å². The number of hydrogen-bond acceptors (Lipinski definition) is 3. The Kier molecular flexibility index (Phi) is 5.91. The third-order valence-corrected chi connectivity index (χ3v) is 4.50. The predicted octanol–water partition coefficient (Wildman–Crippen LogP) is 4.36. The molecular formula is C21H23ClN4O. The summed E-state index contributed by atoms with van der Waals surface area (Å²) >= 11 is 5.99. The number of pyridine rings is 1. The summed E-state index contributed by atoms with van der Waals surface area (Å²) in [6, 6.07) is 13.1. The number of nitrogens with zero attached hydrogens (tertiary/aromatic N) is 3. The molecular weight excluding hydrogens is 360 g/mol. The second-order valence-electron chi connectivity index (χ2n) is 6.90. The normalized spacial score (nSPS) is 11.0. The summed E-state index contributed by atoms with van der Waals surface area (Å²) in [5, 5.41) is 8.36. The lowest BCUT2D eigenvalue weighted by Gasteiger charge is -2.08. The molecule has 2 aromatic heterocycles. The van der Waals surface area contributed by atoms with Crippen LogP contribution in [0.5, 0.6) is 0 Å². The van der Waals surface area contributed by atoms with Crippen LogP contribution in [0.25, 0.3) is 5.69 Å². The van der Waals surface area contributed by atoms with E-state index in [1.807, 2.05) is 54.1 Å². The predicted molar refractivity (Wildman–Crippen MR) is 107 cm³/mol. The van der Waals surface area contributed by atoms with Gasteiger partial charge in [-0.25, -0.2) is 4.68 Å². The Balaban J connectivity index is 1.92. The van der Waals surface area contributed by atoms with E-state index in [0.717, 1.165) is 29.2 Å². The summed E-state index contributed by atoms with van der Waals surface area (Å²) in [5.74, 6) is 0.259. The zero-order valence-corrected chi connectivity index (χ0v) is 16.5. The lowest BCUT2D eigenvalue weighted by Crippen LogP contribution is -2.25. The van der Waals surface area contributed by atoms with Crippen LogP contribution in [0, 0.1) is 12.8 Å². The number of carbonyl (C=O) groups is 1. The van der Waals surface area contributed by atoms with Crippen LogP contribution in [-0.4, -0.2) is 20.7 Å². The van der Waals surface area contributed by atoms with Crippen molar-refractivity contribution in [3.63, 3.8) is 0 Å². The Hall–Kier alpha value is -2.66. The van der Waals surface area contributed by atoms with Crippen LogP contribution in [0.4, 0.5) is 0 Å². The van der Waals surface area contributed by atoms with E-state index in [1.165, 1.54) is 0 Å². The Labute approximate surface area is 164 Å². The monoisotopic (exact) mass is 382 g/mol. The van der Waals surface area contributed by atoms with Gasteiger partial charge in [0.25, 0.3) is 5.91 Å². The fourth-order valence-corrected chi connectivity index (χ4v) is 3.11. The minimum absolute atomic E-state index is 0.131. The standard InChI is InChI=1S/C21H23ClN4O/c1-14(2)12-19-20(21(27)24-13-17-6-4-5-11-23-17)15(3)26(25-19)18-9-7-16(22)8-10-18/h4-11,14H,12-13H2,1-3H3,(H,24,27). The summed E-state index contributed by atoms with van der Waals surface area (Å²) in [6.07, 6.45) is 2.45. The van der Waals surface area contributed by atoms with Gasteiger partial charge in [-0.3, -0.25) is 9.78 Å². The molecule has 1 N–H and O–H groups in total. The molecule has 3 rings (SSSR count). The highest BCUT2D eigenvalue weighted by molar-refractivity contribution is 6.30. The summed E-state index contributed by atoms with van der Waals surface area (Å²) in [5.41, 5.74) is 3.95. The Bertz CT molecular complexity index is 917. The van der Waals surface area contributed by atoms with Crippen molar-refractivity contribution in [1.82, 2.24) is 20.1 Å². The Morgan fingerprint density at radius 3 is 2.56 bits per heavy atom. The van der Waals surface area contributed by atoms with Crippen molar-refractivity contribution < 1.29 is 4.79 Å². The van der Waals surface area contributed by atoms with Crippen LogP contribution in [0.15, 0.2) is 48.7 Å². The molecule has 0 aliphatic heterocycles. The molecule has 0 bridgehead atoms. The molecule has 3 aromatic rings. The molecule has 0 saturated carbocycles. The molecule has 0 radical (unpaired) electrons. The van der Waals surface area contributed by atoms with Gasteiger partial charge in [0.15, 0.2) is 0 Å². The van der Waals surface area contributed by atoms with E-state index in [2.05, 4.69) is 24.1 Å². The van der Waals surface area contributed by atoms with Gasteiger partial charge in [0.05, 0.1) is 34.9 Å². The van der Waals surface area contributed by atoms with Crippen molar-refractivity contribution >= 4 is 17.5 Å². The van der Waals surface area contributed by atoms with Crippen LogP contribution in [0.2, 0.25) is 5.02 Å². The van der Waals surface area contributed by atoms with Crippen LogP contribution < -0.4 is 5.32 Å². The van der Waals surface area contributed by atoms with E-state index in [9.17, 15) is 4.79 Å². The van der Waals surface area contributed by atoms with Gasteiger partial charge in [0.2, 0.25) is 0 Å². The smallest absolute Gasteiger partial charge is 0.255 e. The first-order valence-corrected chi connectivity index (χ1v) is 9.36. The highest BCUT2D eigenvalue weighted by Crippen LogP contribution is 2.22. The van der Waals surface area contributed by atoms with Crippen LogP contribution >= 0.6 is 11.6 Å². The summed E-state index contributed by atoms with van der Waals surface area (Å²) < 4.78 is 1.81. The zero-order valence-electron chi connectivity index (χ0n) is 15.7. The number of benzene rings is 1. The quantitative estimate of drug-likeness (QED) is 0.689. The molecule has 0 unspecified atom stereocenters. The number of hydrogen-bond donors (Lipinski definition) is 1. The molecule has 0 saturated heterocycles. The molecule has 0 spiro atoms. The number of aromatic nitrogens is 3. The van der Waals surface area contributed by atoms with Crippen molar-refractivity contribution in [2.45, 2.75) is 33.7 Å². The Morgan fingerprint density at radius 1 is 1.19 bits per heavy atom. The number of nitrogens with one attached hydrogen (secondary N) is 1. The topological polar surface area (TPSA) is 59.8 Å². The summed E-state index contributed by atoms with van der Waals surface area (Å²) in [6.45, 7) is 6.53. The van der Waals surface area contributed by atoms with Gasteiger partial charge in [-0.15, -0.1) is 0 Å². The maximum Gasteiger partial charge on any atom is 0.255 e. The third kappa shape index (κ3) is 4.55. The van der Waals surface area contributed by atoms with Crippen molar-refractivity contribution in [3.05, 3.63) is 76.3 Å². The molecule has 5 nitrogen and oxygen atoms in total. The van der Waals surface area contributed by atoms with Gasteiger partial charge in [0, 0.05) is 11.2 Å². The third-order valence-electron chi connectivity index (χ3n) is 4.24. The van der Waals surface area contributed by atoms with Gasteiger partial charge in [-0.1, -0.05) is 31.5 Å². The largest absolute Gasteiger partial charge is 0.346 e. The second kappa shape index (κ2) is 8.35. The van der Waals surface area contributed by atoms with E-state index in [4.69, 9.17) is 16.7 Å². The lowest BCUT2D eigenvalue weighted by molar-refractivity contribution is 0.0948. The fourth-order valence-electron chi connectivity index (χ4n) is 2.98. The number of halogens is 1. The number of carbonyl (C=O) groups excluding carboxylic acids is 1. The maximum absolute atomic E-state index is 12.9. The van der Waals surface area contributed by atoms with Gasteiger partial charge < -0.3 is 5.32 Å². The van der Waals surface area contributed by atoms with Crippen molar-refractivity contribution in [2.24, 2.45) is 5.92 Å². The highest BCUT2D eigenvalue weighted by Gasteiger charge is 2.22. The van der Waals surface area contributed by atoms with E-state index < -0.39 is 0 Å². The molecule has 0 atom stereocenters. The minimum Gasteiger partial charge on any atom is -0.346 e. The SMILES string of the molecule is Cc1c(C(=O)NCc2ccccn2)c(CC(C)C)nn1-c1ccc(Cl)cc1. The average molecular weight is 383 g/mol. The summed E-state index contributed by atoms with van der Waals surface area (Å²) in [4.78, 5) is 17.2. The van der Waals surface area contributed by atoms with Gasteiger partial charge in [-0.05, 0) is 55.7 Å². The molecule has 0 aliphatic rings. The van der Waals surface area contributed by atoms with E-state index in [0.29, 0.717) is 23.0 Å². The number of rotatable bonds is 6. The fraction of sp³-hybridized carbons (Fsp3) is 0.286. The first-order valence-electron chi connectivity index (χ1n) is 8.98. The number of amides is 1. The van der Waals surface area contributed by atoms with E-state index >= 15 is 0 Å². The zero-order chi connectivity index (χ0) is 19.4. The molecule has 1 amide bonds. The second-order valence-corrected chi connectivity index (χ2v) is 7.33. The van der Waals surface area contributed by atoms with Crippen LogP contribution in [0.3, 0.4) is 0 Å².